The monoisotopic (exact) mass is 343 g/mol. The number of amides is 1. The maximum Gasteiger partial charge on any atom is 0.238 e. The Bertz CT molecular complexity index is 752. The van der Waals surface area contributed by atoms with Crippen molar-refractivity contribution in [3.05, 3.63) is 36.0 Å². The van der Waals surface area contributed by atoms with Crippen molar-refractivity contribution in [1.29, 1.82) is 0 Å². The van der Waals surface area contributed by atoms with Gasteiger partial charge in [0.1, 0.15) is 0 Å². The summed E-state index contributed by atoms with van der Waals surface area (Å²) >= 11 is 0. The molecule has 0 bridgehead atoms. The Morgan fingerprint density at radius 3 is 2.28 bits per heavy atom. The van der Waals surface area contributed by atoms with Crippen LogP contribution in [0.2, 0.25) is 0 Å². The summed E-state index contributed by atoms with van der Waals surface area (Å²) in [5.74, 6) is 0.0443. The molecule has 4 nitrogen and oxygen atoms in total. The summed E-state index contributed by atoms with van der Waals surface area (Å²) in [6.07, 6.45) is 2.15. The topological polar surface area (TPSA) is 46.1 Å². The van der Waals surface area contributed by atoms with Crippen molar-refractivity contribution in [2.45, 2.75) is 59.0 Å². The first-order valence-electron chi connectivity index (χ1n) is 9.02. The molecule has 25 heavy (non-hydrogen) atoms. The van der Waals surface area contributed by atoms with Gasteiger partial charge in [-0.25, -0.2) is 0 Å². The normalized spacial score (nSPS) is 15.2. The van der Waals surface area contributed by atoms with Gasteiger partial charge in [0.25, 0.3) is 0 Å². The maximum absolute atomic E-state index is 13.0. The summed E-state index contributed by atoms with van der Waals surface area (Å²) in [7, 11) is 3.91. The number of fused-ring (bicyclic) bond motifs is 1. The van der Waals surface area contributed by atoms with Crippen molar-refractivity contribution in [2.24, 2.45) is 12.5 Å². The van der Waals surface area contributed by atoms with E-state index in [-0.39, 0.29) is 28.8 Å². The second-order valence-electron chi connectivity index (χ2n) is 8.71. The summed E-state index contributed by atoms with van der Waals surface area (Å²) < 4.78 is 2.13. The van der Waals surface area contributed by atoms with E-state index in [0.29, 0.717) is 0 Å². The van der Waals surface area contributed by atoms with Gasteiger partial charge in [-0.3, -0.25) is 4.79 Å². The summed E-state index contributed by atoms with van der Waals surface area (Å²) in [5, 5.41) is 7.64. The highest BCUT2D eigenvalue weighted by molar-refractivity contribution is 5.89. The number of hydrogen-bond donors (Lipinski definition) is 2. The largest absolute Gasteiger partial charge is 0.352 e. The number of hydrogen-bond acceptors (Lipinski definition) is 2. The number of benzene rings is 1. The first-order chi connectivity index (χ1) is 11.5. The van der Waals surface area contributed by atoms with Crippen LogP contribution in [-0.4, -0.2) is 29.6 Å². The van der Waals surface area contributed by atoms with E-state index in [4.69, 9.17) is 0 Å². The van der Waals surface area contributed by atoms with Crippen molar-refractivity contribution >= 4 is 16.8 Å². The van der Waals surface area contributed by atoms with Gasteiger partial charge in [-0.15, -0.1) is 0 Å². The van der Waals surface area contributed by atoms with Gasteiger partial charge in [0, 0.05) is 35.6 Å². The predicted octanol–water partition coefficient (Wildman–Crippen LogP) is 3.59. The number of carbonyl (C=O) groups excluding carboxylic acids is 1. The number of para-hydroxylation sites is 1. The lowest BCUT2D eigenvalue weighted by atomic mass is 9.76. The highest BCUT2D eigenvalue weighted by atomic mass is 16.2. The molecule has 4 heteroatoms. The Kier molecular flexibility index (Phi) is 5.33. The van der Waals surface area contributed by atoms with E-state index in [1.54, 1.807) is 0 Å². The SMILES string of the molecule is CNC(C(=O)NC(C)C(C)(C)C)C(C)(C)c1cn(C)c2ccccc12. The van der Waals surface area contributed by atoms with Crippen LogP contribution in [0.1, 0.15) is 47.1 Å². The molecule has 0 aliphatic rings. The maximum atomic E-state index is 13.0. The average molecular weight is 344 g/mol. The molecular weight excluding hydrogens is 310 g/mol. The minimum Gasteiger partial charge on any atom is -0.352 e. The van der Waals surface area contributed by atoms with Crippen LogP contribution in [0.4, 0.5) is 0 Å². The van der Waals surface area contributed by atoms with Crippen molar-refractivity contribution in [1.82, 2.24) is 15.2 Å². The number of nitrogens with zero attached hydrogens (tertiary/aromatic N) is 1. The van der Waals surface area contributed by atoms with Crippen LogP contribution >= 0.6 is 0 Å². The van der Waals surface area contributed by atoms with E-state index in [2.05, 4.69) is 88.2 Å². The fraction of sp³-hybridized carbons (Fsp3) is 0.571. The molecule has 2 rings (SSSR count). The molecule has 0 saturated carbocycles. The molecule has 1 heterocycles. The van der Waals surface area contributed by atoms with Crippen LogP contribution < -0.4 is 10.6 Å². The number of rotatable bonds is 5. The summed E-state index contributed by atoms with van der Waals surface area (Å²) in [6.45, 7) is 12.8. The Balaban J connectivity index is 2.39. The van der Waals surface area contributed by atoms with Crippen molar-refractivity contribution in [3.8, 4) is 0 Å². The highest BCUT2D eigenvalue weighted by Crippen LogP contribution is 2.34. The molecule has 1 aromatic heterocycles. The third-order valence-electron chi connectivity index (χ3n) is 5.52. The average Bonchev–Trinajstić information content (AvgIpc) is 2.85. The number of aromatic nitrogens is 1. The minimum absolute atomic E-state index is 0.0253. The quantitative estimate of drug-likeness (QED) is 0.871. The third kappa shape index (κ3) is 3.74. The fourth-order valence-electron chi connectivity index (χ4n) is 3.34. The number of aryl methyl sites for hydroxylation is 1. The molecule has 138 valence electrons. The predicted molar refractivity (Wildman–Crippen MR) is 106 cm³/mol. The van der Waals surface area contributed by atoms with E-state index in [9.17, 15) is 4.79 Å². The van der Waals surface area contributed by atoms with Gasteiger partial charge in [-0.1, -0.05) is 52.8 Å². The van der Waals surface area contributed by atoms with Gasteiger partial charge in [0.05, 0.1) is 6.04 Å². The lowest BCUT2D eigenvalue weighted by molar-refractivity contribution is -0.125. The molecule has 1 amide bonds. The van der Waals surface area contributed by atoms with Crippen molar-refractivity contribution in [3.63, 3.8) is 0 Å². The van der Waals surface area contributed by atoms with Gasteiger partial charge < -0.3 is 15.2 Å². The molecule has 0 aliphatic heterocycles. The number of nitrogens with one attached hydrogen (secondary N) is 2. The van der Waals surface area contributed by atoms with Crippen LogP contribution in [0.15, 0.2) is 30.5 Å². The second kappa shape index (κ2) is 6.83. The van der Waals surface area contributed by atoms with E-state index in [1.165, 1.54) is 16.5 Å². The lowest BCUT2D eigenvalue weighted by Gasteiger charge is -2.36. The van der Waals surface area contributed by atoms with E-state index >= 15 is 0 Å². The van der Waals surface area contributed by atoms with Crippen LogP contribution in [0, 0.1) is 5.41 Å². The molecule has 0 aliphatic carbocycles. The Labute approximate surface area is 152 Å². The van der Waals surface area contributed by atoms with Crippen LogP contribution in [0.3, 0.4) is 0 Å². The molecule has 0 saturated heterocycles. The Hall–Kier alpha value is -1.81. The zero-order valence-corrected chi connectivity index (χ0v) is 16.9. The molecule has 2 aromatic rings. The van der Waals surface area contributed by atoms with Gasteiger partial charge in [-0.2, -0.15) is 0 Å². The van der Waals surface area contributed by atoms with Gasteiger partial charge in [0.2, 0.25) is 5.91 Å². The van der Waals surface area contributed by atoms with E-state index < -0.39 is 0 Å². The van der Waals surface area contributed by atoms with Crippen LogP contribution in [-0.2, 0) is 17.3 Å². The zero-order chi connectivity index (χ0) is 19.0. The lowest BCUT2D eigenvalue weighted by Crippen LogP contribution is -2.56. The molecule has 0 fully saturated rings. The zero-order valence-electron chi connectivity index (χ0n) is 16.9. The van der Waals surface area contributed by atoms with Crippen molar-refractivity contribution < 1.29 is 4.79 Å². The second-order valence-corrected chi connectivity index (χ2v) is 8.71. The number of carbonyl (C=O) groups is 1. The van der Waals surface area contributed by atoms with E-state index in [1.807, 2.05) is 13.1 Å². The van der Waals surface area contributed by atoms with E-state index in [0.717, 1.165) is 0 Å². The van der Waals surface area contributed by atoms with Crippen LogP contribution in [0.25, 0.3) is 10.9 Å². The highest BCUT2D eigenvalue weighted by Gasteiger charge is 2.38. The Morgan fingerprint density at radius 2 is 1.72 bits per heavy atom. The molecule has 0 radical (unpaired) electrons. The van der Waals surface area contributed by atoms with Gasteiger partial charge >= 0.3 is 0 Å². The molecule has 0 spiro atoms. The van der Waals surface area contributed by atoms with Crippen LogP contribution in [0.5, 0.6) is 0 Å². The molecule has 2 atom stereocenters. The first-order valence-corrected chi connectivity index (χ1v) is 9.02. The minimum atomic E-state index is -0.350. The van der Waals surface area contributed by atoms with Crippen molar-refractivity contribution in [2.75, 3.05) is 7.05 Å². The van der Waals surface area contributed by atoms with Gasteiger partial charge in [0.15, 0.2) is 0 Å². The Morgan fingerprint density at radius 1 is 1.12 bits per heavy atom. The summed E-state index contributed by atoms with van der Waals surface area (Å²) in [5.41, 5.74) is 2.04. The summed E-state index contributed by atoms with van der Waals surface area (Å²) in [4.78, 5) is 13.0. The first kappa shape index (κ1) is 19.5. The summed E-state index contributed by atoms with van der Waals surface area (Å²) in [6, 6.07) is 8.13. The standard InChI is InChI=1S/C21H33N3O/c1-14(20(2,3)4)23-19(25)18(22-7)21(5,6)16-13-24(8)17-12-10-9-11-15(16)17/h9-14,18,22H,1-8H3,(H,23,25). The van der Waals surface area contributed by atoms with Gasteiger partial charge in [-0.05, 0) is 31.0 Å². The third-order valence-corrected chi connectivity index (χ3v) is 5.52. The molecule has 2 N–H and O–H groups in total. The molecular formula is C21H33N3O. The smallest absolute Gasteiger partial charge is 0.238 e. The molecule has 1 aromatic carbocycles. The number of likely N-dealkylation sites (N-methyl/N-ethyl adjacent to an activating group) is 1. The fourth-order valence-corrected chi connectivity index (χ4v) is 3.34. The molecule has 2 unspecified atom stereocenters.